The Bertz CT molecular complexity index is 836. The molecule has 1 aromatic heterocycles. The van der Waals surface area contributed by atoms with Crippen LogP contribution in [0.3, 0.4) is 0 Å². The van der Waals surface area contributed by atoms with E-state index in [2.05, 4.69) is 20.8 Å². The molecule has 9 heteroatoms. The Balaban J connectivity index is 1.95. The maximum absolute atomic E-state index is 12.6. The van der Waals surface area contributed by atoms with E-state index in [0.29, 0.717) is 17.0 Å². The van der Waals surface area contributed by atoms with E-state index in [1.807, 2.05) is 37.3 Å². The molecule has 1 aliphatic rings. The highest BCUT2D eigenvalue weighted by atomic mass is 32.2. The van der Waals surface area contributed by atoms with Crippen molar-refractivity contribution in [3.63, 3.8) is 0 Å². The van der Waals surface area contributed by atoms with Crippen molar-refractivity contribution < 1.29 is 14.3 Å². The number of thioether (sulfide) groups is 1. The minimum atomic E-state index is -0.559. The Kier molecular flexibility index (Phi) is 5.89. The van der Waals surface area contributed by atoms with E-state index in [9.17, 15) is 9.59 Å². The van der Waals surface area contributed by atoms with Gasteiger partial charge in [-0.1, -0.05) is 53.4 Å². The summed E-state index contributed by atoms with van der Waals surface area (Å²) in [5, 5.41) is 14.5. The first kappa shape index (κ1) is 18.4. The van der Waals surface area contributed by atoms with Crippen LogP contribution in [0.1, 0.15) is 23.5 Å². The maximum atomic E-state index is 12.6. The largest absolute Gasteiger partial charge is 0.463 e. The Hall–Kier alpha value is -2.39. The molecule has 7 nitrogen and oxygen atoms in total. The first-order valence-electron chi connectivity index (χ1n) is 8.04. The van der Waals surface area contributed by atoms with Gasteiger partial charge in [-0.15, -0.1) is 10.2 Å². The molecule has 0 radical (unpaired) electrons. The van der Waals surface area contributed by atoms with Gasteiger partial charge in [0.2, 0.25) is 0 Å². The summed E-state index contributed by atoms with van der Waals surface area (Å²) >= 11 is 2.89. The predicted octanol–water partition coefficient (Wildman–Crippen LogP) is 2.81. The third-order valence-electron chi connectivity index (χ3n) is 3.63. The molecule has 0 saturated heterocycles. The molecule has 136 valence electrons. The Morgan fingerprint density at radius 1 is 1.31 bits per heavy atom. The summed E-state index contributed by atoms with van der Waals surface area (Å²) in [6.45, 7) is 3.89. The normalized spacial score (nSPS) is 16.8. The number of carbonyl (C=O) groups excluding carboxylic acids is 2. The summed E-state index contributed by atoms with van der Waals surface area (Å²) in [7, 11) is 0. The van der Waals surface area contributed by atoms with Gasteiger partial charge in [0.25, 0.3) is 0 Å². The highest BCUT2D eigenvalue weighted by Crippen LogP contribution is 2.31. The van der Waals surface area contributed by atoms with Crippen molar-refractivity contribution in [1.29, 1.82) is 0 Å². The van der Waals surface area contributed by atoms with Crippen LogP contribution in [0.2, 0.25) is 0 Å². The average Bonchev–Trinajstić information content (AvgIpc) is 3.05. The molecule has 1 aliphatic heterocycles. The third-order valence-corrected chi connectivity index (χ3v) is 5.63. The van der Waals surface area contributed by atoms with Gasteiger partial charge in [-0.05, 0) is 19.4 Å². The van der Waals surface area contributed by atoms with Gasteiger partial charge >= 0.3 is 12.0 Å². The van der Waals surface area contributed by atoms with Crippen LogP contribution in [0.15, 0.2) is 45.9 Å². The van der Waals surface area contributed by atoms with E-state index in [1.165, 1.54) is 23.1 Å². The van der Waals surface area contributed by atoms with Crippen LogP contribution >= 0.6 is 23.1 Å². The van der Waals surface area contributed by atoms with Crippen molar-refractivity contribution in [1.82, 2.24) is 20.8 Å². The highest BCUT2D eigenvalue weighted by molar-refractivity contribution is 8.01. The van der Waals surface area contributed by atoms with Gasteiger partial charge in [-0.25, -0.2) is 9.59 Å². The summed E-state index contributed by atoms with van der Waals surface area (Å²) in [6.07, 6.45) is 0. The number of hydrogen-bond acceptors (Lipinski definition) is 7. The first-order chi connectivity index (χ1) is 12.6. The lowest BCUT2D eigenvalue weighted by Gasteiger charge is -2.29. The molecule has 3 rings (SSSR count). The van der Waals surface area contributed by atoms with E-state index in [-0.39, 0.29) is 12.6 Å². The number of urea groups is 1. The smallest absolute Gasteiger partial charge is 0.338 e. The molecule has 1 aromatic carbocycles. The van der Waals surface area contributed by atoms with Crippen LogP contribution in [0.5, 0.6) is 0 Å². The average molecular weight is 390 g/mol. The number of hydrogen-bond donors (Lipinski definition) is 2. The number of rotatable bonds is 6. The van der Waals surface area contributed by atoms with Gasteiger partial charge in [0.1, 0.15) is 5.01 Å². The van der Waals surface area contributed by atoms with Crippen molar-refractivity contribution in [2.75, 3.05) is 12.4 Å². The fourth-order valence-corrected chi connectivity index (χ4v) is 4.33. The zero-order valence-corrected chi connectivity index (χ0v) is 15.9. The molecule has 1 unspecified atom stereocenters. The van der Waals surface area contributed by atoms with Gasteiger partial charge in [0, 0.05) is 11.4 Å². The second kappa shape index (κ2) is 8.33. The summed E-state index contributed by atoms with van der Waals surface area (Å²) in [4.78, 5) is 24.8. The van der Waals surface area contributed by atoms with E-state index in [0.717, 1.165) is 14.9 Å². The number of aryl methyl sites for hydroxylation is 1. The number of carbonyl (C=O) groups is 2. The second-order valence-electron chi connectivity index (χ2n) is 5.43. The molecule has 26 heavy (non-hydrogen) atoms. The summed E-state index contributed by atoms with van der Waals surface area (Å²) in [5.41, 5.74) is 1.75. The standard InChI is InChI=1S/C17H18N4O3S2/c1-3-24-15(22)13-12(9-25-17-21-20-10(2)26-17)18-16(23)19-14(13)11-7-5-4-6-8-11/h4-8,14H,3,9H2,1-2H3,(H2,18,19,23). The van der Waals surface area contributed by atoms with E-state index in [4.69, 9.17) is 4.74 Å². The van der Waals surface area contributed by atoms with E-state index >= 15 is 0 Å². The molecular weight excluding hydrogens is 372 g/mol. The van der Waals surface area contributed by atoms with Crippen LogP contribution in [-0.2, 0) is 9.53 Å². The summed E-state index contributed by atoms with van der Waals surface area (Å²) in [6, 6.07) is 8.44. The number of nitrogens with zero attached hydrogens (tertiary/aromatic N) is 2. The van der Waals surface area contributed by atoms with Gasteiger partial charge < -0.3 is 15.4 Å². The van der Waals surface area contributed by atoms with Crippen LogP contribution in [0, 0.1) is 6.92 Å². The molecule has 2 heterocycles. The molecule has 2 amide bonds. The lowest BCUT2D eigenvalue weighted by molar-refractivity contribution is -0.139. The monoisotopic (exact) mass is 390 g/mol. The lowest BCUT2D eigenvalue weighted by Crippen LogP contribution is -2.46. The number of esters is 1. The van der Waals surface area contributed by atoms with Crippen LogP contribution in [0.4, 0.5) is 4.79 Å². The van der Waals surface area contributed by atoms with E-state index < -0.39 is 12.0 Å². The fourth-order valence-electron chi connectivity index (χ4n) is 2.55. The molecule has 2 N–H and O–H groups in total. The molecule has 2 aromatic rings. The second-order valence-corrected chi connectivity index (χ2v) is 7.83. The molecule has 0 spiro atoms. The Morgan fingerprint density at radius 2 is 2.08 bits per heavy atom. The van der Waals surface area contributed by atoms with Crippen LogP contribution in [-0.4, -0.2) is 34.6 Å². The molecule has 0 saturated carbocycles. The molecule has 0 aliphatic carbocycles. The SMILES string of the molecule is CCOC(=O)C1=C(CSc2nnc(C)s2)NC(=O)NC1c1ccccc1. The zero-order chi connectivity index (χ0) is 18.5. The van der Waals surface area contributed by atoms with Crippen molar-refractivity contribution in [3.05, 3.63) is 52.2 Å². The van der Waals surface area contributed by atoms with Gasteiger partial charge in [-0.2, -0.15) is 0 Å². The molecular formula is C17H18N4O3S2. The molecule has 0 bridgehead atoms. The van der Waals surface area contributed by atoms with Crippen LogP contribution in [0.25, 0.3) is 0 Å². The van der Waals surface area contributed by atoms with E-state index in [1.54, 1.807) is 6.92 Å². The Labute approximate surface area is 159 Å². The molecule has 0 fully saturated rings. The lowest BCUT2D eigenvalue weighted by atomic mass is 9.95. The minimum absolute atomic E-state index is 0.258. The quantitative estimate of drug-likeness (QED) is 0.582. The molecule has 1 atom stereocenters. The zero-order valence-electron chi connectivity index (χ0n) is 14.3. The van der Waals surface area contributed by atoms with Gasteiger partial charge in [0.05, 0.1) is 18.2 Å². The summed E-state index contributed by atoms with van der Waals surface area (Å²) in [5.74, 6) is -0.0580. The maximum Gasteiger partial charge on any atom is 0.338 e. The fraction of sp³-hybridized carbons (Fsp3) is 0.294. The Morgan fingerprint density at radius 3 is 2.73 bits per heavy atom. The van der Waals surface area contributed by atoms with Gasteiger partial charge in [0.15, 0.2) is 4.34 Å². The number of ether oxygens (including phenoxy) is 1. The minimum Gasteiger partial charge on any atom is -0.463 e. The number of amides is 2. The number of benzene rings is 1. The number of aromatic nitrogens is 2. The predicted molar refractivity (Wildman–Crippen MR) is 99.9 cm³/mol. The van der Waals surface area contributed by atoms with Crippen molar-refractivity contribution in [2.45, 2.75) is 24.2 Å². The van der Waals surface area contributed by atoms with Crippen LogP contribution < -0.4 is 10.6 Å². The van der Waals surface area contributed by atoms with Crippen molar-refractivity contribution >= 4 is 35.1 Å². The van der Waals surface area contributed by atoms with Crippen molar-refractivity contribution in [2.24, 2.45) is 0 Å². The van der Waals surface area contributed by atoms with Crippen molar-refractivity contribution in [3.8, 4) is 0 Å². The topological polar surface area (TPSA) is 93.2 Å². The third kappa shape index (κ3) is 4.23. The number of nitrogens with one attached hydrogen (secondary N) is 2. The highest BCUT2D eigenvalue weighted by Gasteiger charge is 2.33. The first-order valence-corrected chi connectivity index (χ1v) is 9.84. The summed E-state index contributed by atoms with van der Waals surface area (Å²) < 4.78 is 6.01. The van der Waals surface area contributed by atoms with Gasteiger partial charge in [-0.3, -0.25) is 0 Å².